The number of H-pyrrole nitrogens is 1. The molecule has 1 aromatic carbocycles. The van der Waals surface area contributed by atoms with E-state index in [9.17, 15) is 4.79 Å². The van der Waals surface area contributed by atoms with E-state index in [1.807, 2.05) is 39.0 Å². The van der Waals surface area contributed by atoms with Crippen molar-refractivity contribution in [2.45, 2.75) is 27.2 Å². The maximum absolute atomic E-state index is 11.9. The molecule has 0 saturated heterocycles. The highest BCUT2D eigenvalue weighted by Gasteiger charge is 2.08. The molecule has 0 amide bonds. The summed E-state index contributed by atoms with van der Waals surface area (Å²) < 4.78 is 0. The minimum Gasteiger partial charge on any atom is -0.306 e. The van der Waals surface area contributed by atoms with Crippen LogP contribution in [0, 0.1) is 13.8 Å². The molecule has 3 nitrogen and oxygen atoms in total. The molecule has 0 radical (unpaired) electrons. The second-order valence-corrected chi connectivity index (χ2v) is 4.70. The number of aromatic amines is 1. The number of aromatic nitrogens is 2. The first-order valence-corrected chi connectivity index (χ1v) is 6.27. The standard InChI is InChI=1S/C14H15ClN2O/c1-4-11-9(3)16-13(17-14(11)18)10-6-5-8(2)12(15)7-10/h5-7H,4H2,1-3H3,(H,16,17,18). The van der Waals surface area contributed by atoms with Gasteiger partial charge in [-0.25, -0.2) is 4.98 Å². The second-order valence-electron chi connectivity index (χ2n) is 4.30. The van der Waals surface area contributed by atoms with E-state index in [4.69, 9.17) is 11.6 Å². The van der Waals surface area contributed by atoms with Crippen LogP contribution in [-0.2, 0) is 6.42 Å². The first kappa shape index (κ1) is 12.8. The summed E-state index contributed by atoms with van der Waals surface area (Å²) in [5, 5.41) is 0.673. The molecule has 1 heterocycles. The molecule has 2 aromatic rings. The summed E-state index contributed by atoms with van der Waals surface area (Å²) in [4.78, 5) is 19.1. The van der Waals surface area contributed by atoms with Gasteiger partial charge < -0.3 is 4.98 Å². The number of halogens is 1. The van der Waals surface area contributed by atoms with Gasteiger partial charge in [0.2, 0.25) is 0 Å². The number of nitrogens with zero attached hydrogens (tertiary/aromatic N) is 1. The van der Waals surface area contributed by atoms with Crippen LogP contribution >= 0.6 is 11.6 Å². The maximum Gasteiger partial charge on any atom is 0.254 e. The first-order valence-electron chi connectivity index (χ1n) is 5.89. The van der Waals surface area contributed by atoms with Crippen molar-refractivity contribution in [1.82, 2.24) is 9.97 Å². The Labute approximate surface area is 111 Å². The lowest BCUT2D eigenvalue weighted by Gasteiger charge is -2.07. The van der Waals surface area contributed by atoms with Gasteiger partial charge in [-0.3, -0.25) is 4.79 Å². The highest BCUT2D eigenvalue weighted by Crippen LogP contribution is 2.22. The highest BCUT2D eigenvalue weighted by molar-refractivity contribution is 6.31. The average Bonchev–Trinajstić information content (AvgIpc) is 2.32. The quantitative estimate of drug-likeness (QED) is 0.903. The molecular formula is C14H15ClN2O. The maximum atomic E-state index is 11.9. The zero-order chi connectivity index (χ0) is 13.3. The molecular weight excluding hydrogens is 248 g/mol. The van der Waals surface area contributed by atoms with Crippen molar-refractivity contribution in [3.63, 3.8) is 0 Å². The van der Waals surface area contributed by atoms with E-state index in [1.54, 1.807) is 0 Å². The molecule has 0 saturated carbocycles. The number of benzene rings is 1. The van der Waals surface area contributed by atoms with Crippen LogP contribution in [0.4, 0.5) is 0 Å². The molecule has 18 heavy (non-hydrogen) atoms. The number of aryl methyl sites for hydroxylation is 2. The molecule has 0 aliphatic heterocycles. The van der Waals surface area contributed by atoms with Gasteiger partial charge in [0.1, 0.15) is 5.82 Å². The number of hydrogen-bond acceptors (Lipinski definition) is 2. The van der Waals surface area contributed by atoms with Crippen molar-refractivity contribution in [3.8, 4) is 11.4 Å². The fourth-order valence-electron chi connectivity index (χ4n) is 1.90. The number of rotatable bonds is 2. The predicted molar refractivity (Wildman–Crippen MR) is 74.2 cm³/mol. The molecule has 1 N–H and O–H groups in total. The van der Waals surface area contributed by atoms with E-state index >= 15 is 0 Å². The average molecular weight is 263 g/mol. The van der Waals surface area contributed by atoms with Crippen molar-refractivity contribution in [1.29, 1.82) is 0 Å². The second kappa shape index (κ2) is 4.94. The summed E-state index contributed by atoms with van der Waals surface area (Å²) in [6.07, 6.45) is 0.684. The Morgan fingerprint density at radius 1 is 1.33 bits per heavy atom. The van der Waals surface area contributed by atoms with Crippen LogP contribution in [0.2, 0.25) is 5.02 Å². The van der Waals surface area contributed by atoms with E-state index in [0.29, 0.717) is 17.3 Å². The van der Waals surface area contributed by atoms with Gasteiger partial charge >= 0.3 is 0 Å². The van der Waals surface area contributed by atoms with E-state index in [1.165, 1.54) is 0 Å². The molecule has 0 aliphatic carbocycles. The SMILES string of the molecule is CCc1c(C)nc(-c2ccc(C)c(Cl)c2)[nH]c1=O. The summed E-state index contributed by atoms with van der Waals surface area (Å²) in [6, 6.07) is 5.64. The van der Waals surface area contributed by atoms with E-state index in [-0.39, 0.29) is 5.56 Å². The first-order chi connectivity index (χ1) is 8.52. The summed E-state index contributed by atoms with van der Waals surface area (Å²) in [7, 11) is 0. The Kier molecular flexibility index (Phi) is 3.53. The van der Waals surface area contributed by atoms with Gasteiger partial charge in [-0.15, -0.1) is 0 Å². The van der Waals surface area contributed by atoms with Crippen molar-refractivity contribution in [2.24, 2.45) is 0 Å². The Balaban J connectivity index is 2.58. The van der Waals surface area contributed by atoms with E-state index < -0.39 is 0 Å². The minimum atomic E-state index is -0.0725. The number of hydrogen-bond donors (Lipinski definition) is 1. The van der Waals surface area contributed by atoms with Gasteiger partial charge in [-0.1, -0.05) is 30.7 Å². The van der Waals surface area contributed by atoms with Gasteiger partial charge in [0, 0.05) is 21.8 Å². The van der Waals surface area contributed by atoms with Crippen molar-refractivity contribution < 1.29 is 0 Å². The van der Waals surface area contributed by atoms with Crippen LogP contribution in [0.3, 0.4) is 0 Å². The summed E-state index contributed by atoms with van der Waals surface area (Å²) in [5.41, 5.74) is 3.26. The number of nitrogens with one attached hydrogen (secondary N) is 1. The van der Waals surface area contributed by atoms with E-state index in [2.05, 4.69) is 9.97 Å². The zero-order valence-electron chi connectivity index (χ0n) is 10.7. The molecule has 0 unspecified atom stereocenters. The van der Waals surface area contributed by atoms with Crippen LogP contribution in [0.1, 0.15) is 23.7 Å². The monoisotopic (exact) mass is 262 g/mol. The van der Waals surface area contributed by atoms with Crippen LogP contribution in [0.25, 0.3) is 11.4 Å². The van der Waals surface area contributed by atoms with E-state index in [0.717, 1.165) is 22.4 Å². The zero-order valence-corrected chi connectivity index (χ0v) is 11.4. The lowest BCUT2D eigenvalue weighted by molar-refractivity contribution is 0.968. The smallest absolute Gasteiger partial charge is 0.254 e. The topological polar surface area (TPSA) is 45.8 Å². The highest BCUT2D eigenvalue weighted by atomic mass is 35.5. The van der Waals surface area contributed by atoms with Crippen LogP contribution in [-0.4, -0.2) is 9.97 Å². The molecule has 0 atom stereocenters. The van der Waals surface area contributed by atoms with Crippen molar-refractivity contribution >= 4 is 11.6 Å². The minimum absolute atomic E-state index is 0.0725. The van der Waals surface area contributed by atoms with Crippen LogP contribution in [0.15, 0.2) is 23.0 Å². The Bertz CT molecular complexity index is 647. The van der Waals surface area contributed by atoms with Gasteiger partial charge in [0.05, 0.1) is 0 Å². The van der Waals surface area contributed by atoms with Gasteiger partial charge in [0.25, 0.3) is 5.56 Å². The molecule has 0 spiro atoms. The lowest BCUT2D eigenvalue weighted by atomic mass is 10.1. The lowest BCUT2D eigenvalue weighted by Crippen LogP contribution is -2.16. The summed E-state index contributed by atoms with van der Waals surface area (Å²) in [5.74, 6) is 0.566. The van der Waals surface area contributed by atoms with Gasteiger partial charge in [-0.2, -0.15) is 0 Å². The molecule has 4 heteroatoms. The van der Waals surface area contributed by atoms with Crippen LogP contribution in [0.5, 0.6) is 0 Å². The van der Waals surface area contributed by atoms with Crippen molar-refractivity contribution in [2.75, 3.05) is 0 Å². The predicted octanol–water partition coefficient (Wildman–Crippen LogP) is 3.27. The molecule has 0 fully saturated rings. The third-order valence-corrected chi connectivity index (χ3v) is 3.43. The molecule has 2 rings (SSSR count). The fourth-order valence-corrected chi connectivity index (χ4v) is 2.08. The molecule has 94 valence electrons. The Morgan fingerprint density at radius 2 is 2.06 bits per heavy atom. The largest absolute Gasteiger partial charge is 0.306 e. The Morgan fingerprint density at radius 3 is 2.61 bits per heavy atom. The van der Waals surface area contributed by atoms with Crippen molar-refractivity contribution in [3.05, 3.63) is 50.4 Å². The molecule has 0 bridgehead atoms. The van der Waals surface area contributed by atoms with Gasteiger partial charge in [-0.05, 0) is 31.9 Å². The Hall–Kier alpha value is -1.61. The summed E-state index contributed by atoms with van der Waals surface area (Å²) >= 11 is 6.08. The van der Waals surface area contributed by atoms with Gasteiger partial charge in [0.15, 0.2) is 0 Å². The fraction of sp³-hybridized carbons (Fsp3) is 0.286. The molecule has 1 aromatic heterocycles. The third-order valence-electron chi connectivity index (χ3n) is 3.02. The summed E-state index contributed by atoms with van der Waals surface area (Å²) in [6.45, 7) is 5.74. The third kappa shape index (κ3) is 2.31. The van der Waals surface area contributed by atoms with Crippen LogP contribution < -0.4 is 5.56 Å². The molecule has 0 aliphatic rings. The normalized spacial score (nSPS) is 10.7.